The zero-order valence-corrected chi connectivity index (χ0v) is 20.2. The lowest BCUT2D eigenvalue weighted by atomic mass is 10.1. The lowest BCUT2D eigenvalue weighted by molar-refractivity contribution is -0.115. The van der Waals surface area contributed by atoms with E-state index in [0.29, 0.717) is 40.3 Å². The molecule has 3 rings (SSSR count). The minimum absolute atomic E-state index is 0.0533. The van der Waals surface area contributed by atoms with Gasteiger partial charge >= 0.3 is 0 Å². The van der Waals surface area contributed by atoms with Gasteiger partial charge in [0, 0.05) is 23.9 Å². The fourth-order valence-electron chi connectivity index (χ4n) is 3.19. The van der Waals surface area contributed by atoms with Crippen molar-refractivity contribution in [3.05, 3.63) is 59.9 Å². The Kier molecular flexibility index (Phi) is 8.11. The Bertz CT molecular complexity index is 1130. The molecule has 0 radical (unpaired) electrons. The van der Waals surface area contributed by atoms with E-state index in [2.05, 4.69) is 15.5 Å². The van der Waals surface area contributed by atoms with Crippen LogP contribution < -0.4 is 14.8 Å². The van der Waals surface area contributed by atoms with Crippen molar-refractivity contribution in [2.75, 3.05) is 12.4 Å². The number of amides is 1. The minimum Gasteiger partial charge on any atom is -0.497 e. The maximum atomic E-state index is 12.7. The van der Waals surface area contributed by atoms with Crippen LogP contribution in [0.15, 0.2) is 53.7 Å². The van der Waals surface area contributed by atoms with E-state index in [1.54, 1.807) is 38.3 Å². The summed E-state index contributed by atoms with van der Waals surface area (Å²) < 4.78 is 13.2. The van der Waals surface area contributed by atoms with Gasteiger partial charge in [-0.1, -0.05) is 30.0 Å². The molecule has 33 heavy (non-hydrogen) atoms. The van der Waals surface area contributed by atoms with Gasteiger partial charge in [0.25, 0.3) is 0 Å². The zero-order chi connectivity index (χ0) is 24.0. The quantitative estimate of drug-likeness (QED) is 0.338. The van der Waals surface area contributed by atoms with E-state index in [4.69, 9.17) is 9.47 Å². The van der Waals surface area contributed by atoms with Crippen LogP contribution in [0.25, 0.3) is 0 Å². The van der Waals surface area contributed by atoms with Crippen molar-refractivity contribution in [2.24, 2.45) is 0 Å². The fraction of sp³-hybridized carbons (Fsp3) is 0.333. The Morgan fingerprint density at radius 2 is 1.82 bits per heavy atom. The maximum absolute atomic E-state index is 12.7. The van der Waals surface area contributed by atoms with Crippen molar-refractivity contribution in [1.29, 1.82) is 0 Å². The fourth-order valence-corrected chi connectivity index (χ4v) is 4.11. The number of methoxy groups -OCH3 is 1. The number of carbonyl (C=O) groups is 2. The molecule has 2 aromatic carbocycles. The van der Waals surface area contributed by atoms with Crippen molar-refractivity contribution in [1.82, 2.24) is 14.8 Å². The van der Waals surface area contributed by atoms with Gasteiger partial charge in [0.05, 0.1) is 12.4 Å². The first-order chi connectivity index (χ1) is 15.8. The molecule has 0 aliphatic rings. The van der Waals surface area contributed by atoms with E-state index in [0.717, 1.165) is 0 Å². The summed E-state index contributed by atoms with van der Waals surface area (Å²) in [5.74, 6) is 1.81. The molecule has 1 amide bonds. The third kappa shape index (κ3) is 6.13. The number of hydrogen-bond donors (Lipinski definition) is 1. The number of nitrogens with zero attached hydrogens (tertiary/aromatic N) is 3. The number of rotatable bonds is 10. The van der Waals surface area contributed by atoms with Gasteiger partial charge < -0.3 is 19.4 Å². The van der Waals surface area contributed by atoms with Crippen LogP contribution >= 0.6 is 11.8 Å². The van der Waals surface area contributed by atoms with Crippen LogP contribution in [-0.2, 0) is 11.3 Å². The molecule has 0 fully saturated rings. The molecule has 1 heterocycles. The number of ether oxygens (including phenoxy) is 2. The van der Waals surface area contributed by atoms with Gasteiger partial charge in [0.15, 0.2) is 22.9 Å². The van der Waals surface area contributed by atoms with Gasteiger partial charge in [-0.3, -0.25) is 9.59 Å². The second kappa shape index (κ2) is 11.0. The van der Waals surface area contributed by atoms with Crippen molar-refractivity contribution >= 4 is 29.1 Å². The van der Waals surface area contributed by atoms with Crippen LogP contribution in [0, 0.1) is 0 Å². The normalized spacial score (nSPS) is 12.6. The molecule has 8 nitrogen and oxygen atoms in total. The molecular weight excluding hydrogens is 440 g/mol. The highest BCUT2D eigenvalue weighted by atomic mass is 32.2. The predicted octanol–water partition coefficient (Wildman–Crippen LogP) is 4.77. The first kappa shape index (κ1) is 24.3. The molecule has 3 aromatic rings. The smallest absolute Gasteiger partial charge is 0.237 e. The molecule has 0 aliphatic heterocycles. The zero-order valence-electron chi connectivity index (χ0n) is 19.4. The van der Waals surface area contributed by atoms with Crippen molar-refractivity contribution in [3.8, 4) is 11.5 Å². The Hall–Kier alpha value is -3.33. The number of nitrogens with one attached hydrogen (secondary N) is 1. The summed E-state index contributed by atoms with van der Waals surface area (Å²) in [7, 11) is 1.61. The van der Waals surface area contributed by atoms with Gasteiger partial charge in [-0.2, -0.15) is 0 Å². The summed E-state index contributed by atoms with van der Waals surface area (Å²) in [6.07, 6.45) is -0.350. The number of benzene rings is 2. The highest BCUT2D eigenvalue weighted by Gasteiger charge is 2.23. The molecule has 0 aliphatic carbocycles. The molecule has 1 aromatic heterocycles. The van der Waals surface area contributed by atoms with Gasteiger partial charge in [-0.15, -0.1) is 10.2 Å². The van der Waals surface area contributed by atoms with Crippen LogP contribution in [0.4, 0.5) is 5.69 Å². The second-order valence-corrected chi connectivity index (χ2v) is 8.72. The van der Waals surface area contributed by atoms with E-state index in [1.807, 2.05) is 42.7 Å². The predicted molar refractivity (Wildman–Crippen MR) is 128 cm³/mol. The Balaban J connectivity index is 1.69. The van der Waals surface area contributed by atoms with Crippen molar-refractivity contribution < 1.29 is 19.1 Å². The molecule has 174 valence electrons. The summed E-state index contributed by atoms with van der Waals surface area (Å²) in [5, 5.41) is 11.7. The molecule has 0 spiro atoms. The highest BCUT2D eigenvalue weighted by Crippen LogP contribution is 2.28. The number of anilines is 1. The number of carbonyl (C=O) groups excluding carboxylic acids is 2. The average Bonchev–Trinajstić information content (AvgIpc) is 3.21. The van der Waals surface area contributed by atoms with Crippen LogP contribution in [-0.4, -0.2) is 38.8 Å². The molecule has 0 saturated carbocycles. The average molecular weight is 469 g/mol. The lowest BCUT2D eigenvalue weighted by Crippen LogP contribution is -2.23. The molecule has 2 atom stereocenters. The standard InChI is InChI=1S/C24H28N4O4S/c1-6-28-22(16(3)32-21-12-8-11-20(14-21)31-5)26-27-24(28)33-17(4)23(30)25-19-10-7-9-18(13-19)15(2)29/h7-14,16-17H,6H2,1-5H3,(H,25,30). The maximum Gasteiger partial charge on any atom is 0.237 e. The number of ketones is 1. The molecule has 9 heteroatoms. The number of Topliss-reactive ketones (excluding diaryl/α,β-unsaturated/α-hetero) is 1. The summed E-state index contributed by atoms with van der Waals surface area (Å²) in [6.45, 7) is 7.83. The molecule has 0 saturated heterocycles. The van der Waals surface area contributed by atoms with Crippen LogP contribution in [0.2, 0.25) is 0 Å². The summed E-state index contributed by atoms with van der Waals surface area (Å²) in [4.78, 5) is 24.3. The van der Waals surface area contributed by atoms with E-state index < -0.39 is 5.25 Å². The third-order valence-corrected chi connectivity index (χ3v) is 6.05. The Morgan fingerprint density at radius 1 is 1.09 bits per heavy atom. The summed E-state index contributed by atoms with van der Waals surface area (Å²) in [5.41, 5.74) is 1.13. The van der Waals surface area contributed by atoms with Crippen LogP contribution in [0.5, 0.6) is 11.5 Å². The highest BCUT2D eigenvalue weighted by molar-refractivity contribution is 8.00. The Labute approximate surface area is 197 Å². The SMILES string of the molecule is CCn1c(SC(C)C(=O)Nc2cccc(C(C)=O)c2)nnc1C(C)Oc1cccc(OC)c1. The molecule has 0 bridgehead atoms. The number of thioether (sulfide) groups is 1. The topological polar surface area (TPSA) is 95.3 Å². The summed E-state index contributed by atoms with van der Waals surface area (Å²) in [6, 6.07) is 14.3. The molecular formula is C24H28N4O4S. The first-order valence-electron chi connectivity index (χ1n) is 10.6. The second-order valence-electron chi connectivity index (χ2n) is 7.41. The lowest BCUT2D eigenvalue weighted by Gasteiger charge is -2.17. The number of aromatic nitrogens is 3. The van der Waals surface area contributed by atoms with Crippen LogP contribution in [0.3, 0.4) is 0 Å². The van der Waals surface area contributed by atoms with E-state index in [-0.39, 0.29) is 17.8 Å². The van der Waals surface area contributed by atoms with E-state index >= 15 is 0 Å². The monoisotopic (exact) mass is 468 g/mol. The van der Waals surface area contributed by atoms with Gasteiger partial charge in [0.2, 0.25) is 5.91 Å². The molecule has 2 unspecified atom stereocenters. The van der Waals surface area contributed by atoms with Gasteiger partial charge in [-0.25, -0.2) is 0 Å². The van der Waals surface area contributed by atoms with Crippen molar-refractivity contribution in [3.63, 3.8) is 0 Å². The number of hydrogen-bond acceptors (Lipinski definition) is 7. The van der Waals surface area contributed by atoms with Crippen LogP contribution in [0.1, 0.15) is 50.0 Å². The van der Waals surface area contributed by atoms with E-state index in [1.165, 1.54) is 18.7 Å². The third-order valence-electron chi connectivity index (χ3n) is 4.97. The summed E-state index contributed by atoms with van der Waals surface area (Å²) >= 11 is 1.32. The minimum atomic E-state index is -0.428. The Morgan fingerprint density at radius 3 is 2.52 bits per heavy atom. The molecule has 1 N–H and O–H groups in total. The first-order valence-corrected chi connectivity index (χ1v) is 11.5. The van der Waals surface area contributed by atoms with Gasteiger partial charge in [-0.05, 0) is 52.0 Å². The van der Waals surface area contributed by atoms with Gasteiger partial charge in [0.1, 0.15) is 11.5 Å². The van der Waals surface area contributed by atoms with Crippen molar-refractivity contribution in [2.45, 2.75) is 50.8 Å². The van der Waals surface area contributed by atoms with E-state index in [9.17, 15) is 9.59 Å². The largest absolute Gasteiger partial charge is 0.497 e.